The first-order valence-electron chi connectivity index (χ1n) is 7.07. The molecule has 0 aromatic heterocycles. The Bertz CT molecular complexity index is 619. The fourth-order valence-corrected chi connectivity index (χ4v) is 3.58. The lowest BCUT2D eigenvalue weighted by Gasteiger charge is -2.11. The van der Waals surface area contributed by atoms with Crippen molar-refractivity contribution in [1.29, 1.82) is 0 Å². The van der Waals surface area contributed by atoms with Crippen LogP contribution in [-0.2, 0) is 19.1 Å². The van der Waals surface area contributed by atoms with E-state index >= 15 is 0 Å². The molecule has 1 spiro atoms. The number of carbonyl (C=O) groups excluding carboxylic acids is 2. The van der Waals surface area contributed by atoms with E-state index in [1.165, 1.54) is 0 Å². The summed E-state index contributed by atoms with van der Waals surface area (Å²) in [6, 6.07) is 9.26. The molecule has 2 aliphatic rings. The first kappa shape index (κ1) is 15.1. The number of amides is 1. The van der Waals surface area contributed by atoms with E-state index in [4.69, 9.17) is 9.47 Å². The van der Waals surface area contributed by atoms with Crippen molar-refractivity contribution in [2.45, 2.75) is 24.2 Å². The number of cyclic esters (lactones) is 1. The average Bonchev–Trinajstić information content (AvgIpc) is 2.99. The van der Waals surface area contributed by atoms with Crippen LogP contribution in [0.2, 0.25) is 0 Å². The molecule has 2 heterocycles. The molecular weight excluding hydrogens is 304 g/mol. The predicted octanol–water partition coefficient (Wildman–Crippen LogP) is 1.63. The minimum atomic E-state index is -1.23. The van der Waals surface area contributed by atoms with E-state index in [0.717, 1.165) is 17.4 Å². The monoisotopic (exact) mass is 320 g/mol. The molecule has 3 rings (SSSR count). The molecule has 2 saturated heterocycles. The Labute approximate surface area is 132 Å². The number of hydrogen-bond acceptors (Lipinski definition) is 6. The number of thioether (sulfide) groups is 1. The topological polar surface area (TPSA) is 77.0 Å². The summed E-state index contributed by atoms with van der Waals surface area (Å²) >= 11 is 1.13. The van der Waals surface area contributed by atoms with Crippen LogP contribution in [0, 0.1) is 0 Å². The van der Waals surface area contributed by atoms with Crippen molar-refractivity contribution in [3.8, 4) is 0 Å². The molecule has 22 heavy (non-hydrogen) atoms. The van der Waals surface area contributed by atoms with Gasteiger partial charge in [0.25, 0.3) is 5.91 Å². The maximum atomic E-state index is 12.3. The number of ether oxygens (including phenoxy) is 2. The standard InChI is InChI=1S/C15H16N2O4S/c1-2-20-9-11-8-15(13(19)21-11)12(18)17-14(22-15)16-10-6-4-3-5-7-10/h3-7,11H,2,8-9H2,1H3,(H,16,17,18)/t11-,15-/m1/s1. The summed E-state index contributed by atoms with van der Waals surface area (Å²) in [6.07, 6.45) is -0.0855. The smallest absolute Gasteiger partial charge is 0.332 e. The molecule has 0 unspecified atom stereocenters. The molecule has 1 aromatic rings. The zero-order valence-corrected chi connectivity index (χ0v) is 12.9. The SMILES string of the molecule is CCOC[C@H]1C[C@]2(SC(=Nc3ccccc3)NC2=O)C(=O)O1. The van der Waals surface area contributed by atoms with Crippen LogP contribution in [0.25, 0.3) is 0 Å². The quantitative estimate of drug-likeness (QED) is 0.674. The second kappa shape index (κ2) is 6.10. The molecule has 0 aliphatic carbocycles. The highest BCUT2D eigenvalue weighted by Gasteiger charge is 2.60. The lowest BCUT2D eigenvalue weighted by atomic mass is 10.0. The minimum absolute atomic E-state index is 0.302. The summed E-state index contributed by atoms with van der Waals surface area (Å²) in [5.41, 5.74) is 0.722. The molecular formula is C15H16N2O4S. The van der Waals surface area contributed by atoms with E-state index in [-0.39, 0.29) is 12.0 Å². The van der Waals surface area contributed by atoms with Crippen molar-refractivity contribution in [3.63, 3.8) is 0 Å². The van der Waals surface area contributed by atoms with Gasteiger partial charge in [-0.3, -0.25) is 4.79 Å². The van der Waals surface area contributed by atoms with Crippen LogP contribution < -0.4 is 5.32 Å². The van der Waals surface area contributed by atoms with Crippen molar-refractivity contribution in [3.05, 3.63) is 30.3 Å². The Balaban J connectivity index is 1.77. The second-order valence-corrected chi connectivity index (χ2v) is 6.31. The molecule has 2 aliphatic heterocycles. The Morgan fingerprint density at radius 3 is 2.91 bits per heavy atom. The van der Waals surface area contributed by atoms with Gasteiger partial charge < -0.3 is 14.8 Å². The summed E-state index contributed by atoms with van der Waals surface area (Å²) in [5, 5.41) is 3.10. The fraction of sp³-hybridized carbons (Fsp3) is 0.400. The normalized spacial score (nSPS) is 29.1. The molecule has 2 atom stereocenters. The lowest BCUT2D eigenvalue weighted by Crippen LogP contribution is -2.40. The number of esters is 1. The van der Waals surface area contributed by atoms with E-state index < -0.39 is 10.7 Å². The maximum Gasteiger partial charge on any atom is 0.332 e. The zero-order valence-electron chi connectivity index (χ0n) is 12.1. The van der Waals surface area contributed by atoms with E-state index in [0.29, 0.717) is 24.8 Å². The van der Waals surface area contributed by atoms with Crippen LogP contribution in [0.15, 0.2) is 35.3 Å². The Morgan fingerprint density at radius 2 is 2.18 bits per heavy atom. The highest BCUT2D eigenvalue weighted by atomic mass is 32.2. The highest BCUT2D eigenvalue weighted by molar-refractivity contribution is 8.17. The predicted molar refractivity (Wildman–Crippen MR) is 83.0 cm³/mol. The highest BCUT2D eigenvalue weighted by Crippen LogP contribution is 2.43. The molecule has 2 fully saturated rings. The minimum Gasteiger partial charge on any atom is -0.458 e. The van der Waals surface area contributed by atoms with E-state index in [2.05, 4.69) is 10.3 Å². The number of nitrogens with zero attached hydrogens (tertiary/aromatic N) is 1. The van der Waals surface area contributed by atoms with E-state index in [1.54, 1.807) is 0 Å². The van der Waals surface area contributed by atoms with Crippen molar-refractivity contribution >= 4 is 34.5 Å². The van der Waals surface area contributed by atoms with E-state index in [1.807, 2.05) is 37.3 Å². The first-order valence-corrected chi connectivity index (χ1v) is 7.89. The molecule has 6 nitrogen and oxygen atoms in total. The number of aliphatic imine (C=N–C) groups is 1. The molecule has 1 aromatic carbocycles. The average molecular weight is 320 g/mol. The van der Waals surface area contributed by atoms with Gasteiger partial charge in [-0.25, -0.2) is 9.79 Å². The van der Waals surface area contributed by atoms with Crippen LogP contribution >= 0.6 is 11.8 Å². The summed E-state index contributed by atoms with van der Waals surface area (Å²) < 4.78 is 9.32. The molecule has 0 saturated carbocycles. The van der Waals surface area contributed by atoms with Crippen molar-refractivity contribution in [2.75, 3.05) is 13.2 Å². The number of para-hydroxylation sites is 1. The van der Waals surface area contributed by atoms with Gasteiger partial charge in [0.1, 0.15) is 6.10 Å². The Kier molecular flexibility index (Phi) is 4.17. The van der Waals surface area contributed by atoms with Gasteiger partial charge in [-0.15, -0.1) is 0 Å². The maximum absolute atomic E-state index is 12.3. The number of hydrogen-bond donors (Lipinski definition) is 1. The summed E-state index contributed by atoms with van der Waals surface area (Å²) in [5.74, 6) is -0.880. The largest absolute Gasteiger partial charge is 0.458 e. The third kappa shape index (κ3) is 2.74. The van der Waals surface area contributed by atoms with Crippen LogP contribution in [0.3, 0.4) is 0 Å². The number of nitrogens with one attached hydrogen (secondary N) is 1. The Hall–Kier alpha value is -1.86. The van der Waals surface area contributed by atoms with E-state index in [9.17, 15) is 9.59 Å². The summed E-state index contributed by atoms with van der Waals surface area (Å²) in [4.78, 5) is 28.8. The molecule has 1 amide bonds. The number of amidine groups is 1. The van der Waals surface area contributed by atoms with Crippen LogP contribution in [0.5, 0.6) is 0 Å². The van der Waals surface area contributed by atoms with Crippen molar-refractivity contribution in [2.24, 2.45) is 4.99 Å². The van der Waals surface area contributed by atoms with Gasteiger partial charge in [-0.2, -0.15) is 0 Å². The summed E-state index contributed by atoms with van der Waals surface area (Å²) in [7, 11) is 0. The molecule has 0 radical (unpaired) electrons. The lowest BCUT2D eigenvalue weighted by molar-refractivity contribution is -0.146. The summed E-state index contributed by atoms with van der Waals surface area (Å²) in [6.45, 7) is 2.72. The number of rotatable bonds is 4. The third-order valence-electron chi connectivity index (χ3n) is 3.47. The molecule has 0 bridgehead atoms. The van der Waals surface area contributed by atoms with Gasteiger partial charge in [-0.05, 0) is 19.1 Å². The van der Waals surface area contributed by atoms with Gasteiger partial charge in [0.15, 0.2) is 5.17 Å². The molecule has 116 valence electrons. The number of carbonyl (C=O) groups is 2. The van der Waals surface area contributed by atoms with Crippen LogP contribution in [0.4, 0.5) is 5.69 Å². The number of benzene rings is 1. The first-order chi connectivity index (χ1) is 10.6. The fourth-order valence-electron chi connectivity index (χ4n) is 2.41. The third-order valence-corrected chi connectivity index (χ3v) is 4.73. The zero-order chi connectivity index (χ0) is 15.6. The van der Waals surface area contributed by atoms with Gasteiger partial charge in [-0.1, -0.05) is 30.0 Å². The second-order valence-electron chi connectivity index (χ2n) is 5.03. The molecule has 7 heteroatoms. The van der Waals surface area contributed by atoms with Gasteiger partial charge in [0.05, 0.1) is 12.3 Å². The van der Waals surface area contributed by atoms with Crippen LogP contribution in [-0.4, -0.2) is 41.1 Å². The Morgan fingerprint density at radius 1 is 1.41 bits per heavy atom. The van der Waals surface area contributed by atoms with Crippen molar-refractivity contribution < 1.29 is 19.1 Å². The van der Waals surface area contributed by atoms with Gasteiger partial charge in [0, 0.05) is 13.0 Å². The van der Waals surface area contributed by atoms with Gasteiger partial charge in [0.2, 0.25) is 4.75 Å². The van der Waals surface area contributed by atoms with Crippen molar-refractivity contribution in [1.82, 2.24) is 5.32 Å². The molecule has 1 N–H and O–H groups in total. The van der Waals surface area contributed by atoms with Gasteiger partial charge >= 0.3 is 5.97 Å². The van der Waals surface area contributed by atoms with Crippen LogP contribution in [0.1, 0.15) is 13.3 Å².